The lowest BCUT2D eigenvalue weighted by Crippen LogP contribution is -1.97. The molecule has 0 spiro atoms. The van der Waals surface area contributed by atoms with Gasteiger partial charge < -0.3 is 4.74 Å². The normalized spacial score (nSPS) is 10.2. The Balaban J connectivity index is 2.61. The van der Waals surface area contributed by atoms with Gasteiger partial charge >= 0.3 is 0 Å². The lowest BCUT2D eigenvalue weighted by Gasteiger charge is -2.02. The highest BCUT2D eigenvalue weighted by Gasteiger charge is 2.03. The Hall–Kier alpha value is -1.71. The van der Waals surface area contributed by atoms with Gasteiger partial charge in [0, 0.05) is 11.6 Å². The quantitative estimate of drug-likeness (QED) is 0.692. The van der Waals surface area contributed by atoms with Crippen LogP contribution < -0.4 is 4.74 Å². The van der Waals surface area contributed by atoms with E-state index in [2.05, 4.69) is 15.2 Å². The molecule has 0 aliphatic heterocycles. The maximum Gasteiger partial charge on any atom is 0.260 e. The standard InChI is InChI=1S/C9H9N3O/c1-2-13-9-8-7(6-11-12-9)4-3-5-10-8/h3-6H,2H2,1H3. The van der Waals surface area contributed by atoms with E-state index in [1.54, 1.807) is 12.4 Å². The van der Waals surface area contributed by atoms with Gasteiger partial charge in [0.25, 0.3) is 5.88 Å². The Morgan fingerprint density at radius 2 is 2.38 bits per heavy atom. The smallest absolute Gasteiger partial charge is 0.260 e. The average molecular weight is 175 g/mol. The SMILES string of the molecule is CCOc1nncc2cccnc12. The zero-order valence-corrected chi connectivity index (χ0v) is 7.27. The summed E-state index contributed by atoms with van der Waals surface area (Å²) < 4.78 is 5.28. The molecule has 0 bridgehead atoms. The summed E-state index contributed by atoms with van der Waals surface area (Å²) in [5.74, 6) is 0.501. The van der Waals surface area contributed by atoms with Gasteiger partial charge in [0.15, 0.2) is 0 Å². The van der Waals surface area contributed by atoms with Gasteiger partial charge in [-0.3, -0.25) is 4.98 Å². The molecule has 0 saturated heterocycles. The predicted octanol–water partition coefficient (Wildman–Crippen LogP) is 1.42. The summed E-state index contributed by atoms with van der Waals surface area (Å²) in [5, 5.41) is 8.62. The highest BCUT2D eigenvalue weighted by molar-refractivity contribution is 5.81. The first-order valence-corrected chi connectivity index (χ1v) is 4.11. The van der Waals surface area contributed by atoms with Crippen LogP contribution in [0.3, 0.4) is 0 Å². The van der Waals surface area contributed by atoms with Gasteiger partial charge in [0.2, 0.25) is 0 Å². The lowest BCUT2D eigenvalue weighted by molar-refractivity contribution is 0.326. The third kappa shape index (κ3) is 1.42. The van der Waals surface area contributed by atoms with E-state index in [4.69, 9.17) is 4.74 Å². The molecule has 4 nitrogen and oxygen atoms in total. The minimum atomic E-state index is 0.501. The van der Waals surface area contributed by atoms with E-state index in [0.29, 0.717) is 12.5 Å². The van der Waals surface area contributed by atoms with Gasteiger partial charge in [0.1, 0.15) is 5.52 Å². The Kier molecular flexibility index (Phi) is 2.04. The van der Waals surface area contributed by atoms with Gasteiger partial charge in [-0.2, -0.15) is 5.10 Å². The Morgan fingerprint density at radius 1 is 1.46 bits per heavy atom. The van der Waals surface area contributed by atoms with Crippen LogP contribution in [0.1, 0.15) is 6.92 Å². The molecular weight excluding hydrogens is 166 g/mol. The Bertz CT molecular complexity index is 411. The number of rotatable bonds is 2. The number of ether oxygens (including phenoxy) is 1. The molecule has 0 unspecified atom stereocenters. The molecule has 66 valence electrons. The summed E-state index contributed by atoms with van der Waals surface area (Å²) in [6.45, 7) is 2.48. The molecule has 2 heterocycles. The van der Waals surface area contributed by atoms with Crippen molar-refractivity contribution in [2.45, 2.75) is 6.92 Å². The number of hydrogen-bond acceptors (Lipinski definition) is 4. The van der Waals surface area contributed by atoms with Crippen molar-refractivity contribution < 1.29 is 4.74 Å². The number of hydrogen-bond donors (Lipinski definition) is 0. The maximum atomic E-state index is 5.28. The van der Waals surface area contributed by atoms with Crippen LogP contribution >= 0.6 is 0 Å². The molecule has 0 amide bonds. The van der Waals surface area contributed by atoms with E-state index in [1.807, 2.05) is 19.1 Å². The number of fused-ring (bicyclic) bond motifs is 1. The summed E-state index contributed by atoms with van der Waals surface area (Å²) in [5.41, 5.74) is 0.763. The van der Waals surface area contributed by atoms with Crippen LogP contribution in [0.4, 0.5) is 0 Å². The van der Waals surface area contributed by atoms with Crippen molar-refractivity contribution >= 4 is 10.9 Å². The molecule has 2 rings (SSSR count). The van der Waals surface area contributed by atoms with Crippen molar-refractivity contribution in [3.8, 4) is 5.88 Å². The first-order chi connectivity index (χ1) is 6.42. The van der Waals surface area contributed by atoms with Gasteiger partial charge in [-0.15, -0.1) is 5.10 Å². The minimum absolute atomic E-state index is 0.501. The number of aromatic nitrogens is 3. The molecule has 0 fully saturated rings. The first kappa shape index (κ1) is 7.91. The van der Waals surface area contributed by atoms with Crippen LogP contribution in [-0.4, -0.2) is 21.8 Å². The van der Waals surface area contributed by atoms with Crippen LogP contribution in [0.15, 0.2) is 24.5 Å². The molecule has 2 aromatic rings. The highest BCUT2D eigenvalue weighted by Crippen LogP contribution is 2.18. The average Bonchev–Trinajstić information content (AvgIpc) is 2.19. The van der Waals surface area contributed by atoms with E-state index >= 15 is 0 Å². The molecule has 0 atom stereocenters. The van der Waals surface area contributed by atoms with E-state index in [-0.39, 0.29) is 0 Å². The molecule has 0 N–H and O–H groups in total. The van der Waals surface area contributed by atoms with Crippen LogP contribution in [0.5, 0.6) is 5.88 Å². The summed E-state index contributed by atoms with van der Waals surface area (Å²) in [6.07, 6.45) is 3.39. The van der Waals surface area contributed by atoms with Crippen LogP contribution in [0, 0.1) is 0 Å². The van der Waals surface area contributed by atoms with E-state index in [1.165, 1.54) is 0 Å². The van der Waals surface area contributed by atoms with Crippen molar-refractivity contribution in [2.75, 3.05) is 6.61 Å². The second-order valence-corrected chi connectivity index (χ2v) is 2.52. The van der Waals surface area contributed by atoms with Crippen molar-refractivity contribution in [3.63, 3.8) is 0 Å². The number of pyridine rings is 1. The summed E-state index contributed by atoms with van der Waals surface area (Å²) in [6, 6.07) is 3.79. The third-order valence-electron chi connectivity index (χ3n) is 1.67. The molecule has 13 heavy (non-hydrogen) atoms. The Morgan fingerprint density at radius 3 is 3.23 bits per heavy atom. The molecule has 0 aliphatic carbocycles. The van der Waals surface area contributed by atoms with Gasteiger partial charge in [-0.25, -0.2) is 0 Å². The Labute approximate surface area is 75.6 Å². The zero-order chi connectivity index (χ0) is 9.10. The van der Waals surface area contributed by atoms with Crippen LogP contribution in [-0.2, 0) is 0 Å². The molecule has 0 aromatic carbocycles. The predicted molar refractivity (Wildman–Crippen MR) is 48.5 cm³/mol. The lowest BCUT2D eigenvalue weighted by atomic mass is 10.3. The van der Waals surface area contributed by atoms with Crippen LogP contribution in [0.2, 0.25) is 0 Å². The summed E-state index contributed by atoms with van der Waals surface area (Å²) in [4.78, 5) is 4.17. The van der Waals surface area contributed by atoms with E-state index in [0.717, 1.165) is 10.9 Å². The minimum Gasteiger partial charge on any atom is -0.475 e. The second kappa shape index (κ2) is 3.35. The fourth-order valence-electron chi connectivity index (χ4n) is 1.13. The highest BCUT2D eigenvalue weighted by atomic mass is 16.5. The molecule has 0 aliphatic rings. The maximum absolute atomic E-state index is 5.28. The molecule has 0 saturated carbocycles. The summed E-state index contributed by atoms with van der Waals surface area (Å²) in [7, 11) is 0. The van der Waals surface area contributed by atoms with Gasteiger partial charge in [0.05, 0.1) is 12.8 Å². The van der Waals surface area contributed by atoms with Crippen molar-refractivity contribution in [3.05, 3.63) is 24.5 Å². The van der Waals surface area contributed by atoms with Crippen molar-refractivity contribution in [2.24, 2.45) is 0 Å². The zero-order valence-electron chi connectivity index (χ0n) is 7.27. The van der Waals surface area contributed by atoms with Gasteiger partial charge in [-0.1, -0.05) is 0 Å². The first-order valence-electron chi connectivity index (χ1n) is 4.11. The van der Waals surface area contributed by atoms with E-state index in [9.17, 15) is 0 Å². The summed E-state index contributed by atoms with van der Waals surface area (Å²) >= 11 is 0. The second-order valence-electron chi connectivity index (χ2n) is 2.52. The van der Waals surface area contributed by atoms with Crippen molar-refractivity contribution in [1.82, 2.24) is 15.2 Å². The topological polar surface area (TPSA) is 47.9 Å². The molecular formula is C9H9N3O. The number of nitrogens with zero attached hydrogens (tertiary/aromatic N) is 3. The fourth-order valence-corrected chi connectivity index (χ4v) is 1.13. The largest absolute Gasteiger partial charge is 0.475 e. The monoisotopic (exact) mass is 175 g/mol. The van der Waals surface area contributed by atoms with Crippen molar-refractivity contribution in [1.29, 1.82) is 0 Å². The van der Waals surface area contributed by atoms with E-state index < -0.39 is 0 Å². The molecule has 2 aromatic heterocycles. The molecule has 0 radical (unpaired) electrons. The van der Waals surface area contributed by atoms with Crippen LogP contribution in [0.25, 0.3) is 10.9 Å². The molecule has 4 heteroatoms. The third-order valence-corrected chi connectivity index (χ3v) is 1.67. The fraction of sp³-hybridized carbons (Fsp3) is 0.222. The van der Waals surface area contributed by atoms with Gasteiger partial charge in [-0.05, 0) is 19.1 Å².